The van der Waals surface area contributed by atoms with Gasteiger partial charge >= 0.3 is 12.1 Å². The summed E-state index contributed by atoms with van der Waals surface area (Å²) in [6, 6.07) is 0. The van der Waals surface area contributed by atoms with E-state index in [0.29, 0.717) is 22.9 Å². The first kappa shape index (κ1) is 24.9. The third kappa shape index (κ3) is 8.39. The zero-order valence-electron chi connectivity index (χ0n) is 16.7. The van der Waals surface area contributed by atoms with Crippen molar-refractivity contribution in [2.45, 2.75) is 68.0 Å². The first-order chi connectivity index (χ1) is 14.0. The minimum Gasteiger partial charge on any atom is -0.476 e. The average molecular weight is 466 g/mol. The Hall–Kier alpha value is -1.39. The molecule has 0 aliphatic heterocycles. The average Bonchev–Trinajstić information content (AvgIpc) is 3.22. The second-order valence-electron chi connectivity index (χ2n) is 7.81. The molecule has 30 heavy (non-hydrogen) atoms. The van der Waals surface area contributed by atoms with E-state index in [2.05, 4.69) is 4.98 Å². The van der Waals surface area contributed by atoms with Gasteiger partial charge in [0.1, 0.15) is 5.78 Å². The molecule has 0 spiro atoms. The zero-order valence-corrected chi connectivity index (χ0v) is 18.3. The summed E-state index contributed by atoms with van der Waals surface area (Å²) >= 11 is 2.68. The molecule has 0 aromatic carbocycles. The number of ketones is 1. The first-order valence-corrected chi connectivity index (χ1v) is 11.6. The van der Waals surface area contributed by atoms with Gasteiger partial charge in [-0.2, -0.15) is 13.2 Å². The van der Waals surface area contributed by atoms with Gasteiger partial charge in [0.2, 0.25) is 0 Å². The van der Waals surface area contributed by atoms with Crippen LogP contribution in [0.2, 0.25) is 0 Å². The molecular weight excluding hydrogens is 439 g/mol. The van der Waals surface area contributed by atoms with Gasteiger partial charge in [-0.05, 0) is 44.9 Å². The van der Waals surface area contributed by atoms with Crippen molar-refractivity contribution in [3.63, 3.8) is 0 Å². The molecule has 168 valence electrons. The van der Waals surface area contributed by atoms with E-state index in [1.807, 2.05) is 6.08 Å². The number of aromatic nitrogens is 1. The van der Waals surface area contributed by atoms with Crippen LogP contribution in [0.25, 0.3) is 0 Å². The summed E-state index contributed by atoms with van der Waals surface area (Å²) in [5, 5.41) is 20.7. The molecular formula is C20H26F3NO4S2. The van der Waals surface area contributed by atoms with E-state index in [-0.39, 0.29) is 42.6 Å². The molecule has 2 rings (SSSR count). The summed E-state index contributed by atoms with van der Waals surface area (Å²) in [5.74, 6) is -0.323. The van der Waals surface area contributed by atoms with Gasteiger partial charge < -0.3 is 10.2 Å². The predicted molar refractivity (Wildman–Crippen MR) is 110 cm³/mol. The molecule has 0 unspecified atom stereocenters. The second kappa shape index (κ2) is 10.8. The summed E-state index contributed by atoms with van der Waals surface area (Å²) in [6.07, 6.45) is 0.608. The number of aliphatic hydroxyl groups is 1. The number of thiazole rings is 1. The number of hydrogen-bond acceptors (Lipinski definition) is 6. The normalized spacial score (nSPS) is 22.0. The molecule has 3 atom stereocenters. The molecule has 1 aromatic rings. The fourth-order valence-electron chi connectivity index (χ4n) is 3.50. The summed E-state index contributed by atoms with van der Waals surface area (Å²) < 4.78 is 37.4. The zero-order chi connectivity index (χ0) is 22.4. The Morgan fingerprint density at radius 2 is 2.13 bits per heavy atom. The van der Waals surface area contributed by atoms with Gasteiger partial charge in [0.25, 0.3) is 0 Å². The molecule has 1 fully saturated rings. The molecule has 0 saturated heterocycles. The monoisotopic (exact) mass is 465 g/mol. The minimum absolute atomic E-state index is 0.0162. The Bertz CT molecular complexity index is 761. The van der Waals surface area contributed by atoms with Crippen molar-refractivity contribution in [2.75, 3.05) is 5.75 Å². The van der Waals surface area contributed by atoms with Crippen LogP contribution in [0.15, 0.2) is 21.9 Å². The number of carboxylic acids is 1. The smallest absolute Gasteiger partial charge is 0.389 e. The van der Waals surface area contributed by atoms with Crippen LogP contribution in [0.1, 0.15) is 62.4 Å². The van der Waals surface area contributed by atoms with Crippen molar-refractivity contribution in [1.29, 1.82) is 0 Å². The molecule has 2 N–H and O–H groups in total. The Balaban J connectivity index is 1.79. The highest BCUT2D eigenvalue weighted by Gasteiger charge is 2.33. The standard InChI is InChI=1S/C20H26F3NO4S2/c1-19(28,9-3-10-20(21,22)23)8-2-4-13-5-6-16(25)14(13)7-11-29-18-24-15(12-30-18)17(26)27/h2,4,12-14,28H,3,5-11H2,1H3,(H,26,27)/b4-2+/t13-,14+,19+/m0/s1. The van der Waals surface area contributed by atoms with E-state index in [4.69, 9.17) is 5.11 Å². The molecule has 0 radical (unpaired) electrons. The number of rotatable bonds is 11. The van der Waals surface area contributed by atoms with Crippen molar-refractivity contribution in [3.8, 4) is 0 Å². The number of aromatic carboxylic acids is 1. The van der Waals surface area contributed by atoms with Crippen LogP contribution in [0.3, 0.4) is 0 Å². The molecule has 0 amide bonds. The third-order valence-electron chi connectivity index (χ3n) is 5.13. The number of nitrogens with zero attached hydrogens (tertiary/aromatic N) is 1. The molecule has 1 aliphatic rings. The maximum absolute atomic E-state index is 12.3. The van der Waals surface area contributed by atoms with Gasteiger partial charge in [0.05, 0.1) is 5.60 Å². The van der Waals surface area contributed by atoms with Crippen LogP contribution < -0.4 is 0 Å². The Morgan fingerprint density at radius 3 is 2.77 bits per heavy atom. The van der Waals surface area contributed by atoms with E-state index in [1.165, 1.54) is 35.4 Å². The van der Waals surface area contributed by atoms with Gasteiger partial charge in [-0.1, -0.05) is 23.9 Å². The molecule has 1 aromatic heterocycles. The third-order valence-corrected chi connectivity index (χ3v) is 7.18. The van der Waals surface area contributed by atoms with Crippen LogP contribution in [0, 0.1) is 11.8 Å². The van der Waals surface area contributed by atoms with Crippen molar-refractivity contribution >= 4 is 34.9 Å². The molecule has 10 heteroatoms. The van der Waals surface area contributed by atoms with Gasteiger partial charge in [0.15, 0.2) is 10.0 Å². The van der Waals surface area contributed by atoms with E-state index >= 15 is 0 Å². The van der Waals surface area contributed by atoms with Crippen molar-refractivity contribution in [1.82, 2.24) is 4.98 Å². The highest BCUT2D eigenvalue weighted by atomic mass is 32.2. The fourth-order valence-corrected chi connectivity index (χ4v) is 5.40. The lowest BCUT2D eigenvalue weighted by Gasteiger charge is -2.22. The summed E-state index contributed by atoms with van der Waals surface area (Å²) in [6.45, 7) is 1.53. The Morgan fingerprint density at radius 1 is 1.40 bits per heavy atom. The number of allylic oxidation sites excluding steroid dienone is 1. The number of halogens is 3. The van der Waals surface area contributed by atoms with E-state index in [1.54, 1.807) is 6.08 Å². The Kier molecular flexibility index (Phi) is 8.93. The second-order valence-corrected chi connectivity index (χ2v) is 10.0. The first-order valence-electron chi connectivity index (χ1n) is 9.77. The summed E-state index contributed by atoms with van der Waals surface area (Å²) in [4.78, 5) is 27.1. The number of hydrogen-bond donors (Lipinski definition) is 2. The number of carboxylic acid groups (broad SMARTS) is 1. The summed E-state index contributed by atoms with van der Waals surface area (Å²) in [5.41, 5.74) is -1.19. The lowest BCUT2D eigenvalue weighted by Crippen LogP contribution is -2.24. The SMILES string of the molecule is C[C@@](O)(C/C=C/[C@H]1CCC(=O)[C@@H]1CCSc1nc(C(=O)O)cs1)CCCC(F)(F)F. The number of thioether (sulfide) groups is 1. The fraction of sp³-hybridized carbons (Fsp3) is 0.650. The lowest BCUT2D eigenvalue weighted by molar-refractivity contribution is -0.137. The molecule has 1 saturated carbocycles. The van der Waals surface area contributed by atoms with Crippen LogP contribution >= 0.6 is 23.1 Å². The topological polar surface area (TPSA) is 87.5 Å². The van der Waals surface area contributed by atoms with Gasteiger partial charge in [-0.15, -0.1) is 11.3 Å². The minimum atomic E-state index is -4.21. The van der Waals surface area contributed by atoms with Gasteiger partial charge in [-0.3, -0.25) is 4.79 Å². The highest BCUT2D eigenvalue weighted by Crippen LogP contribution is 2.35. The summed E-state index contributed by atoms with van der Waals surface area (Å²) in [7, 11) is 0. The quantitative estimate of drug-likeness (QED) is 0.338. The highest BCUT2D eigenvalue weighted by molar-refractivity contribution is 8.01. The Labute approximate surface area is 181 Å². The maximum atomic E-state index is 12.3. The van der Waals surface area contributed by atoms with E-state index < -0.39 is 24.2 Å². The number of Topliss-reactive ketones (excluding diaryl/α,β-unsaturated/α-hetero) is 1. The van der Waals surface area contributed by atoms with Crippen molar-refractivity contribution in [3.05, 3.63) is 23.2 Å². The largest absolute Gasteiger partial charge is 0.476 e. The van der Waals surface area contributed by atoms with Gasteiger partial charge in [-0.25, -0.2) is 9.78 Å². The van der Waals surface area contributed by atoms with Crippen LogP contribution in [0.4, 0.5) is 13.2 Å². The predicted octanol–water partition coefficient (Wildman–Crippen LogP) is 5.35. The number of carbonyl (C=O) groups excluding carboxylic acids is 1. The molecule has 1 heterocycles. The van der Waals surface area contributed by atoms with Crippen LogP contribution in [-0.4, -0.2) is 44.5 Å². The number of carbonyl (C=O) groups is 2. The van der Waals surface area contributed by atoms with E-state index in [0.717, 1.165) is 6.42 Å². The van der Waals surface area contributed by atoms with Crippen LogP contribution in [-0.2, 0) is 4.79 Å². The number of alkyl halides is 3. The van der Waals surface area contributed by atoms with Gasteiger partial charge in [0, 0.05) is 29.9 Å². The molecule has 5 nitrogen and oxygen atoms in total. The van der Waals surface area contributed by atoms with Crippen molar-refractivity contribution < 1.29 is 33.0 Å². The molecule has 1 aliphatic carbocycles. The van der Waals surface area contributed by atoms with Crippen LogP contribution in [0.5, 0.6) is 0 Å². The lowest BCUT2D eigenvalue weighted by atomic mass is 9.90. The maximum Gasteiger partial charge on any atom is 0.389 e. The van der Waals surface area contributed by atoms with Crippen molar-refractivity contribution in [2.24, 2.45) is 11.8 Å². The van der Waals surface area contributed by atoms with E-state index in [9.17, 15) is 27.9 Å². The molecule has 0 bridgehead atoms.